The summed E-state index contributed by atoms with van der Waals surface area (Å²) < 4.78 is 1.21. The van der Waals surface area contributed by atoms with Crippen LogP contribution in [0.1, 0.15) is 45.1 Å². The molecule has 1 rings (SSSR count). The number of rotatable bonds is 8. The van der Waals surface area contributed by atoms with Crippen LogP contribution in [0.4, 0.5) is 5.69 Å². The van der Waals surface area contributed by atoms with Crippen LogP contribution in [0, 0.1) is 0 Å². The topological polar surface area (TPSA) is 3.24 Å². The van der Waals surface area contributed by atoms with Gasteiger partial charge in [0.1, 0.15) is 0 Å². The van der Waals surface area contributed by atoms with Gasteiger partial charge in [0, 0.05) is 22.9 Å². The molecule has 0 saturated heterocycles. The molecular weight excluding hydrogens is 354 g/mol. The molecule has 0 aliphatic carbocycles. The summed E-state index contributed by atoms with van der Waals surface area (Å²) in [5, 5.41) is 0.912. The van der Waals surface area contributed by atoms with Crippen LogP contribution >= 0.6 is 31.9 Å². The Labute approximate surface area is 128 Å². The quantitative estimate of drug-likeness (QED) is 0.522. The first-order valence-electron chi connectivity index (χ1n) is 6.82. The van der Waals surface area contributed by atoms with E-state index >= 15 is 0 Å². The molecule has 0 fully saturated rings. The number of unbranched alkanes of at least 4 members (excludes halogenated alkanes) is 2. The summed E-state index contributed by atoms with van der Waals surface area (Å²) >= 11 is 7.21. The van der Waals surface area contributed by atoms with Crippen molar-refractivity contribution in [2.24, 2.45) is 0 Å². The van der Waals surface area contributed by atoms with Crippen molar-refractivity contribution in [3.05, 3.63) is 28.2 Å². The van der Waals surface area contributed by atoms with Crippen molar-refractivity contribution in [1.82, 2.24) is 0 Å². The van der Waals surface area contributed by atoms with Crippen molar-refractivity contribution in [3.63, 3.8) is 0 Å². The maximum Gasteiger partial charge on any atom is 0.0510 e. The van der Waals surface area contributed by atoms with E-state index in [9.17, 15) is 0 Å². The van der Waals surface area contributed by atoms with Gasteiger partial charge in [-0.2, -0.15) is 0 Å². The molecule has 3 heteroatoms. The Kier molecular flexibility index (Phi) is 8.00. The molecule has 102 valence electrons. The predicted octanol–water partition coefficient (Wildman–Crippen LogP) is 5.75. The number of benzene rings is 1. The van der Waals surface area contributed by atoms with E-state index in [1.165, 1.54) is 41.4 Å². The Morgan fingerprint density at radius 2 is 1.67 bits per heavy atom. The van der Waals surface area contributed by atoms with E-state index in [0.717, 1.165) is 18.4 Å². The number of halogens is 2. The Balaban J connectivity index is 2.82. The van der Waals surface area contributed by atoms with Crippen molar-refractivity contribution in [2.45, 2.75) is 44.9 Å². The molecule has 0 bridgehead atoms. The monoisotopic (exact) mass is 375 g/mol. The lowest BCUT2D eigenvalue weighted by molar-refractivity contribution is 0.677. The lowest BCUT2D eigenvalue weighted by atomic mass is 10.2. The van der Waals surface area contributed by atoms with Gasteiger partial charge in [-0.25, -0.2) is 0 Å². The fraction of sp³-hybridized carbons (Fsp3) is 0.600. The van der Waals surface area contributed by atoms with Crippen molar-refractivity contribution in [1.29, 1.82) is 0 Å². The van der Waals surface area contributed by atoms with Gasteiger partial charge >= 0.3 is 0 Å². The molecular formula is C15H23Br2N. The molecule has 1 nitrogen and oxygen atoms in total. The minimum absolute atomic E-state index is 0.912. The molecule has 1 aromatic rings. The molecule has 0 aliphatic rings. The Morgan fingerprint density at radius 3 is 2.11 bits per heavy atom. The lowest BCUT2D eigenvalue weighted by Crippen LogP contribution is -2.25. The molecule has 0 atom stereocenters. The van der Waals surface area contributed by atoms with Gasteiger partial charge in [0.05, 0.1) is 5.69 Å². The first kappa shape index (κ1) is 16.0. The summed E-state index contributed by atoms with van der Waals surface area (Å²) in [6.45, 7) is 6.81. The van der Waals surface area contributed by atoms with Crippen molar-refractivity contribution >= 4 is 37.5 Å². The zero-order valence-electron chi connectivity index (χ0n) is 11.4. The summed E-state index contributed by atoms with van der Waals surface area (Å²) in [5.74, 6) is 0. The zero-order chi connectivity index (χ0) is 13.4. The highest BCUT2D eigenvalue weighted by atomic mass is 79.9. The molecule has 0 N–H and O–H groups in total. The number of hydrogen-bond acceptors (Lipinski definition) is 1. The van der Waals surface area contributed by atoms with E-state index in [0.29, 0.717) is 0 Å². The van der Waals surface area contributed by atoms with Gasteiger partial charge in [0.15, 0.2) is 0 Å². The first-order valence-corrected chi connectivity index (χ1v) is 8.73. The van der Waals surface area contributed by atoms with Gasteiger partial charge in [-0.15, -0.1) is 0 Å². The minimum Gasteiger partial charge on any atom is -0.371 e. The van der Waals surface area contributed by atoms with Crippen molar-refractivity contribution in [3.8, 4) is 0 Å². The minimum atomic E-state index is 0.912. The number of hydrogen-bond donors (Lipinski definition) is 0. The number of anilines is 1. The summed E-state index contributed by atoms with van der Waals surface area (Å²) in [5.41, 5.74) is 2.65. The van der Waals surface area contributed by atoms with Crippen LogP contribution < -0.4 is 4.90 Å². The third-order valence-electron chi connectivity index (χ3n) is 3.07. The van der Waals surface area contributed by atoms with Crippen LogP contribution in [-0.2, 0) is 5.33 Å². The molecule has 0 amide bonds. The Hall–Kier alpha value is -0.0200. The third kappa shape index (κ3) is 4.93. The highest BCUT2D eigenvalue weighted by Crippen LogP contribution is 2.28. The molecule has 18 heavy (non-hydrogen) atoms. The highest BCUT2D eigenvalue weighted by Gasteiger charge is 2.09. The van der Waals surface area contributed by atoms with Crippen LogP contribution in [0.5, 0.6) is 0 Å². The Morgan fingerprint density at radius 1 is 1.06 bits per heavy atom. The van der Waals surface area contributed by atoms with Crippen LogP contribution in [0.25, 0.3) is 0 Å². The van der Waals surface area contributed by atoms with E-state index in [1.807, 2.05) is 0 Å². The van der Waals surface area contributed by atoms with Gasteiger partial charge in [-0.05, 0) is 46.5 Å². The first-order chi connectivity index (χ1) is 8.72. The zero-order valence-corrected chi connectivity index (χ0v) is 14.6. The van der Waals surface area contributed by atoms with E-state index in [4.69, 9.17) is 0 Å². The molecule has 0 aromatic heterocycles. The smallest absolute Gasteiger partial charge is 0.0510 e. The average molecular weight is 377 g/mol. The van der Waals surface area contributed by atoms with Crippen LogP contribution in [0.3, 0.4) is 0 Å². The molecule has 0 spiro atoms. The summed E-state index contributed by atoms with van der Waals surface area (Å²) in [6, 6.07) is 6.67. The van der Waals surface area contributed by atoms with Gasteiger partial charge in [0.25, 0.3) is 0 Å². The molecule has 0 aliphatic heterocycles. The number of nitrogens with zero attached hydrogens (tertiary/aromatic N) is 1. The van der Waals surface area contributed by atoms with Gasteiger partial charge in [-0.3, -0.25) is 0 Å². The molecule has 1 aromatic carbocycles. The van der Waals surface area contributed by atoms with E-state index in [1.54, 1.807) is 0 Å². The SMILES string of the molecule is CCCCN(CCCC)c1ccc(CBr)cc1Br. The summed E-state index contributed by atoms with van der Waals surface area (Å²) in [7, 11) is 0. The van der Waals surface area contributed by atoms with Crippen molar-refractivity contribution < 1.29 is 0 Å². The summed E-state index contributed by atoms with van der Waals surface area (Å²) in [6.07, 6.45) is 5.02. The van der Waals surface area contributed by atoms with Gasteiger partial charge in [-0.1, -0.05) is 48.7 Å². The maximum atomic E-state index is 3.71. The van der Waals surface area contributed by atoms with Crippen LogP contribution in [-0.4, -0.2) is 13.1 Å². The maximum absolute atomic E-state index is 3.71. The second-order valence-electron chi connectivity index (χ2n) is 4.61. The Bertz CT molecular complexity index is 344. The molecule has 0 radical (unpaired) electrons. The van der Waals surface area contributed by atoms with Crippen LogP contribution in [0.15, 0.2) is 22.7 Å². The normalized spacial score (nSPS) is 10.7. The average Bonchev–Trinajstić information content (AvgIpc) is 2.39. The molecule has 0 saturated carbocycles. The highest BCUT2D eigenvalue weighted by molar-refractivity contribution is 9.10. The van der Waals surface area contributed by atoms with Crippen LogP contribution in [0.2, 0.25) is 0 Å². The molecule has 0 unspecified atom stereocenters. The number of alkyl halides is 1. The van der Waals surface area contributed by atoms with E-state index in [-0.39, 0.29) is 0 Å². The standard InChI is InChI=1S/C15H23Br2N/c1-3-5-9-18(10-6-4-2)15-8-7-13(12-16)11-14(15)17/h7-8,11H,3-6,9-10,12H2,1-2H3. The third-order valence-corrected chi connectivity index (χ3v) is 4.35. The fourth-order valence-corrected chi connectivity index (χ4v) is 2.97. The lowest BCUT2D eigenvalue weighted by Gasteiger charge is -2.26. The largest absolute Gasteiger partial charge is 0.371 e. The van der Waals surface area contributed by atoms with Gasteiger partial charge in [0.2, 0.25) is 0 Å². The van der Waals surface area contributed by atoms with E-state index < -0.39 is 0 Å². The van der Waals surface area contributed by atoms with Gasteiger partial charge < -0.3 is 4.90 Å². The second kappa shape index (κ2) is 8.98. The molecule has 0 heterocycles. The predicted molar refractivity (Wildman–Crippen MR) is 88.8 cm³/mol. The van der Waals surface area contributed by atoms with Crippen molar-refractivity contribution in [2.75, 3.05) is 18.0 Å². The fourth-order valence-electron chi connectivity index (χ4n) is 1.94. The van der Waals surface area contributed by atoms with E-state index in [2.05, 4.69) is 68.8 Å². The second-order valence-corrected chi connectivity index (χ2v) is 6.03. The summed E-state index contributed by atoms with van der Waals surface area (Å²) in [4.78, 5) is 2.51.